The first kappa shape index (κ1) is 13.6. The van der Waals surface area contributed by atoms with Crippen molar-refractivity contribution in [1.29, 1.82) is 0 Å². The molecule has 1 heterocycles. The molecule has 0 aliphatic rings. The van der Waals surface area contributed by atoms with E-state index in [-0.39, 0.29) is 5.78 Å². The van der Waals surface area contributed by atoms with E-state index in [1.807, 2.05) is 20.8 Å². The number of rotatable bonds is 5. The third-order valence-corrected chi connectivity index (χ3v) is 3.64. The molecular formula is C13H21N3O. The topological polar surface area (TPSA) is 82.0 Å². The van der Waals surface area contributed by atoms with Crippen LogP contribution >= 0.6 is 0 Å². The van der Waals surface area contributed by atoms with Gasteiger partial charge in [-0.1, -0.05) is 13.8 Å². The predicted molar refractivity (Wildman–Crippen MR) is 69.8 cm³/mol. The fraction of sp³-hybridized carbons (Fsp3) is 0.538. The molecule has 0 amide bonds. The fourth-order valence-corrected chi connectivity index (χ4v) is 2.09. The third kappa shape index (κ3) is 2.31. The largest absolute Gasteiger partial charge is 0.383 e. The molecule has 0 unspecified atom stereocenters. The van der Waals surface area contributed by atoms with Gasteiger partial charge in [0.05, 0.1) is 5.56 Å². The number of nitrogens with zero attached hydrogens (tertiary/aromatic N) is 1. The number of carbonyl (C=O) groups excluding carboxylic acids is 1. The standard InChI is InChI=1S/C13H21N3O/c1-4-13(5-2,8-14)11(17)10-9(3)6-7-16-12(10)15/h6-7H,4-5,8,14H2,1-3H3,(H2,15,16). The van der Waals surface area contributed by atoms with Crippen molar-refractivity contribution in [1.82, 2.24) is 4.98 Å². The van der Waals surface area contributed by atoms with Crippen molar-refractivity contribution in [2.45, 2.75) is 33.6 Å². The van der Waals surface area contributed by atoms with Gasteiger partial charge in [0, 0.05) is 18.2 Å². The maximum absolute atomic E-state index is 12.6. The highest BCUT2D eigenvalue weighted by molar-refractivity contribution is 6.05. The highest BCUT2D eigenvalue weighted by atomic mass is 16.1. The van der Waals surface area contributed by atoms with Crippen molar-refractivity contribution in [2.24, 2.45) is 11.1 Å². The molecule has 0 aliphatic carbocycles. The normalized spacial score (nSPS) is 11.5. The Hall–Kier alpha value is -1.42. The molecule has 0 spiro atoms. The summed E-state index contributed by atoms with van der Waals surface area (Å²) in [5.74, 6) is 0.322. The SMILES string of the molecule is CCC(CC)(CN)C(=O)c1c(C)ccnc1N. The second-order valence-corrected chi connectivity index (χ2v) is 4.41. The van der Waals surface area contributed by atoms with Gasteiger partial charge in [0.2, 0.25) is 0 Å². The van der Waals surface area contributed by atoms with Crippen molar-refractivity contribution in [3.8, 4) is 0 Å². The Morgan fingerprint density at radius 3 is 2.41 bits per heavy atom. The van der Waals surface area contributed by atoms with E-state index in [0.29, 0.717) is 30.8 Å². The number of anilines is 1. The van der Waals surface area contributed by atoms with E-state index < -0.39 is 5.41 Å². The first-order chi connectivity index (χ1) is 8.02. The third-order valence-electron chi connectivity index (χ3n) is 3.64. The van der Waals surface area contributed by atoms with E-state index >= 15 is 0 Å². The lowest BCUT2D eigenvalue weighted by Crippen LogP contribution is -2.38. The average molecular weight is 235 g/mol. The summed E-state index contributed by atoms with van der Waals surface area (Å²) in [5, 5.41) is 0. The van der Waals surface area contributed by atoms with Crippen LogP contribution in [0.5, 0.6) is 0 Å². The van der Waals surface area contributed by atoms with Gasteiger partial charge >= 0.3 is 0 Å². The van der Waals surface area contributed by atoms with Gasteiger partial charge in [-0.2, -0.15) is 0 Å². The van der Waals surface area contributed by atoms with Crippen molar-refractivity contribution in [3.05, 3.63) is 23.4 Å². The van der Waals surface area contributed by atoms with Crippen LogP contribution in [0.25, 0.3) is 0 Å². The molecular weight excluding hydrogens is 214 g/mol. The summed E-state index contributed by atoms with van der Waals surface area (Å²) in [7, 11) is 0. The summed E-state index contributed by atoms with van der Waals surface area (Å²) in [6, 6.07) is 1.80. The lowest BCUT2D eigenvalue weighted by Gasteiger charge is -2.29. The summed E-state index contributed by atoms with van der Waals surface area (Å²) in [5.41, 5.74) is 12.5. The monoisotopic (exact) mass is 235 g/mol. The van der Waals surface area contributed by atoms with Crippen LogP contribution in [0.4, 0.5) is 5.82 Å². The number of carbonyl (C=O) groups is 1. The molecule has 4 N–H and O–H groups in total. The number of hydrogen-bond donors (Lipinski definition) is 2. The summed E-state index contributed by atoms with van der Waals surface area (Å²) in [4.78, 5) is 16.6. The van der Waals surface area contributed by atoms with E-state index in [2.05, 4.69) is 4.98 Å². The van der Waals surface area contributed by atoms with Crippen molar-refractivity contribution >= 4 is 11.6 Å². The second-order valence-electron chi connectivity index (χ2n) is 4.41. The maximum atomic E-state index is 12.6. The number of nitrogen functional groups attached to an aromatic ring is 1. The van der Waals surface area contributed by atoms with Crippen LogP contribution in [-0.2, 0) is 0 Å². The molecule has 0 aliphatic heterocycles. The van der Waals surface area contributed by atoms with Gasteiger partial charge in [-0.15, -0.1) is 0 Å². The summed E-state index contributed by atoms with van der Waals surface area (Å²) in [6.45, 7) is 6.18. The zero-order valence-corrected chi connectivity index (χ0v) is 10.8. The molecule has 4 heteroatoms. The van der Waals surface area contributed by atoms with E-state index in [4.69, 9.17) is 11.5 Å². The predicted octanol–water partition coefficient (Wildman–Crippen LogP) is 1.92. The molecule has 0 saturated carbocycles. The Morgan fingerprint density at radius 2 is 2.00 bits per heavy atom. The van der Waals surface area contributed by atoms with Crippen LogP contribution in [0.1, 0.15) is 42.6 Å². The molecule has 1 rings (SSSR count). The number of nitrogens with two attached hydrogens (primary N) is 2. The van der Waals surface area contributed by atoms with E-state index in [9.17, 15) is 4.79 Å². The molecule has 0 radical (unpaired) electrons. The Labute approximate surface area is 102 Å². The van der Waals surface area contributed by atoms with Gasteiger partial charge in [-0.05, 0) is 31.4 Å². The van der Waals surface area contributed by atoms with Gasteiger partial charge in [0.1, 0.15) is 5.82 Å². The molecule has 0 atom stereocenters. The Balaban J connectivity index is 3.28. The smallest absolute Gasteiger partial charge is 0.174 e. The first-order valence-electron chi connectivity index (χ1n) is 5.98. The van der Waals surface area contributed by atoms with Crippen LogP contribution in [0.2, 0.25) is 0 Å². The quantitative estimate of drug-likeness (QED) is 0.764. The molecule has 17 heavy (non-hydrogen) atoms. The number of ketones is 1. The summed E-state index contributed by atoms with van der Waals surface area (Å²) >= 11 is 0. The lowest BCUT2D eigenvalue weighted by molar-refractivity contribution is 0.0787. The Morgan fingerprint density at radius 1 is 1.41 bits per heavy atom. The van der Waals surface area contributed by atoms with Crippen LogP contribution in [0.3, 0.4) is 0 Å². The van der Waals surface area contributed by atoms with Crippen LogP contribution in [0.15, 0.2) is 12.3 Å². The fourth-order valence-electron chi connectivity index (χ4n) is 2.09. The summed E-state index contributed by atoms with van der Waals surface area (Å²) in [6.07, 6.45) is 3.04. The highest BCUT2D eigenvalue weighted by Gasteiger charge is 2.35. The lowest BCUT2D eigenvalue weighted by atomic mass is 9.75. The highest BCUT2D eigenvalue weighted by Crippen LogP contribution is 2.32. The first-order valence-corrected chi connectivity index (χ1v) is 5.98. The number of aromatic nitrogens is 1. The van der Waals surface area contributed by atoms with Crippen LogP contribution < -0.4 is 11.5 Å². The average Bonchev–Trinajstić information content (AvgIpc) is 2.32. The molecule has 4 nitrogen and oxygen atoms in total. The number of pyridine rings is 1. The zero-order chi connectivity index (χ0) is 13.1. The van der Waals surface area contributed by atoms with Crippen LogP contribution in [-0.4, -0.2) is 17.3 Å². The van der Waals surface area contributed by atoms with Gasteiger partial charge < -0.3 is 11.5 Å². The molecule has 0 bridgehead atoms. The van der Waals surface area contributed by atoms with Gasteiger partial charge in [-0.3, -0.25) is 4.79 Å². The van der Waals surface area contributed by atoms with Crippen molar-refractivity contribution < 1.29 is 4.79 Å². The maximum Gasteiger partial charge on any atom is 0.174 e. The number of Topliss-reactive ketones (excluding diaryl/α,β-unsaturated/α-hetero) is 1. The molecule has 1 aromatic heterocycles. The van der Waals surface area contributed by atoms with Crippen LogP contribution in [0, 0.1) is 12.3 Å². The Kier molecular flexibility index (Phi) is 4.23. The Bertz CT molecular complexity index is 383. The zero-order valence-electron chi connectivity index (χ0n) is 10.8. The minimum atomic E-state index is -0.512. The minimum Gasteiger partial charge on any atom is -0.383 e. The van der Waals surface area contributed by atoms with Crippen molar-refractivity contribution in [3.63, 3.8) is 0 Å². The number of hydrogen-bond acceptors (Lipinski definition) is 4. The minimum absolute atomic E-state index is 0.0214. The molecule has 0 aromatic carbocycles. The molecule has 0 saturated heterocycles. The molecule has 1 aromatic rings. The van der Waals surface area contributed by atoms with Gasteiger partial charge in [-0.25, -0.2) is 4.98 Å². The summed E-state index contributed by atoms with van der Waals surface area (Å²) < 4.78 is 0. The number of aryl methyl sites for hydroxylation is 1. The van der Waals surface area contributed by atoms with E-state index in [1.54, 1.807) is 12.3 Å². The van der Waals surface area contributed by atoms with Gasteiger partial charge in [0.15, 0.2) is 5.78 Å². The second kappa shape index (κ2) is 5.27. The van der Waals surface area contributed by atoms with E-state index in [0.717, 1.165) is 5.56 Å². The van der Waals surface area contributed by atoms with E-state index in [1.165, 1.54) is 0 Å². The molecule has 94 valence electrons. The van der Waals surface area contributed by atoms with Gasteiger partial charge in [0.25, 0.3) is 0 Å². The molecule has 0 fully saturated rings. The van der Waals surface area contributed by atoms with Crippen molar-refractivity contribution in [2.75, 3.05) is 12.3 Å².